The standard InChI is InChI=1S/C6H11N5O/c7-6-5-11(9-12-6)10-3-1-8-2-4-10/h5,7-8H,1-4H2. The molecule has 2 heterocycles. The Morgan fingerprint density at radius 2 is 2.33 bits per heavy atom. The van der Waals surface area contributed by atoms with Gasteiger partial charge in [0.05, 0.1) is 0 Å². The van der Waals surface area contributed by atoms with Gasteiger partial charge >= 0.3 is 0 Å². The number of nitrogens with zero attached hydrogens (tertiary/aromatic N) is 3. The van der Waals surface area contributed by atoms with Crippen molar-refractivity contribution in [1.82, 2.24) is 10.6 Å². The van der Waals surface area contributed by atoms with Gasteiger partial charge in [0.2, 0.25) is 0 Å². The molecule has 0 aromatic carbocycles. The summed E-state index contributed by atoms with van der Waals surface area (Å²) in [6.45, 7) is 3.70. The summed E-state index contributed by atoms with van der Waals surface area (Å²) in [5.74, 6) is 0. The third-order valence-corrected chi connectivity index (χ3v) is 1.84. The van der Waals surface area contributed by atoms with E-state index in [1.54, 1.807) is 11.0 Å². The van der Waals surface area contributed by atoms with Crippen LogP contribution in [0, 0.1) is 5.41 Å². The van der Waals surface area contributed by atoms with Crippen LogP contribution in [0.2, 0.25) is 0 Å². The van der Waals surface area contributed by atoms with E-state index in [9.17, 15) is 0 Å². The minimum atomic E-state index is 0.0912. The lowest BCUT2D eigenvalue weighted by Crippen LogP contribution is -2.65. The van der Waals surface area contributed by atoms with Crippen molar-refractivity contribution >= 4 is 0 Å². The molecule has 6 heteroatoms. The molecule has 0 unspecified atom stereocenters. The van der Waals surface area contributed by atoms with E-state index in [1.165, 1.54) is 0 Å². The smallest absolute Gasteiger partial charge is 0.286 e. The molecule has 0 amide bonds. The summed E-state index contributed by atoms with van der Waals surface area (Å²) in [5, 5.41) is 16.1. The molecule has 1 aromatic heterocycles. The van der Waals surface area contributed by atoms with Crippen molar-refractivity contribution in [3.63, 3.8) is 0 Å². The first kappa shape index (κ1) is 7.35. The van der Waals surface area contributed by atoms with Gasteiger partial charge in [0.15, 0.2) is 0 Å². The van der Waals surface area contributed by atoms with Gasteiger partial charge in [-0.15, -0.1) is 0 Å². The van der Waals surface area contributed by atoms with E-state index in [2.05, 4.69) is 15.1 Å². The quantitative estimate of drug-likeness (QED) is 0.458. The zero-order valence-electron chi connectivity index (χ0n) is 6.66. The lowest BCUT2D eigenvalue weighted by Gasteiger charge is -2.27. The summed E-state index contributed by atoms with van der Waals surface area (Å²) in [6, 6.07) is 0. The Morgan fingerprint density at radius 3 is 2.92 bits per heavy atom. The fraction of sp³-hybridized carbons (Fsp3) is 0.667. The first-order chi connectivity index (χ1) is 5.86. The van der Waals surface area contributed by atoms with Crippen LogP contribution in [0.5, 0.6) is 0 Å². The Kier molecular flexibility index (Phi) is 1.83. The van der Waals surface area contributed by atoms with Crippen LogP contribution in [-0.2, 0) is 0 Å². The average Bonchev–Trinajstić information content (AvgIpc) is 2.54. The molecule has 1 saturated heterocycles. The van der Waals surface area contributed by atoms with Crippen molar-refractivity contribution in [1.29, 1.82) is 5.41 Å². The van der Waals surface area contributed by atoms with E-state index in [-0.39, 0.29) is 5.55 Å². The maximum absolute atomic E-state index is 7.14. The first-order valence-corrected chi connectivity index (χ1v) is 3.92. The molecule has 1 aromatic rings. The predicted octanol–water partition coefficient (Wildman–Crippen LogP) is -2.46. The molecule has 1 aliphatic rings. The van der Waals surface area contributed by atoms with Gasteiger partial charge in [-0.1, -0.05) is 4.79 Å². The van der Waals surface area contributed by atoms with Crippen LogP contribution in [0.4, 0.5) is 0 Å². The van der Waals surface area contributed by atoms with Gasteiger partial charge in [-0.3, -0.25) is 10.4 Å². The lowest BCUT2D eigenvalue weighted by atomic mass is 10.4. The van der Waals surface area contributed by atoms with Crippen LogP contribution in [0.1, 0.15) is 0 Å². The number of hydrogen-bond acceptors (Lipinski definition) is 4. The van der Waals surface area contributed by atoms with Crippen LogP contribution in [-0.4, -0.2) is 26.2 Å². The van der Waals surface area contributed by atoms with E-state index in [0.717, 1.165) is 26.2 Å². The normalized spacial score (nSPS) is 18.2. The lowest BCUT2D eigenvalue weighted by molar-refractivity contribution is -0.764. The zero-order valence-corrected chi connectivity index (χ0v) is 6.66. The van der Waals surface area contributed by atoms with E-state index in [0.29, 0.717) is 0 Å². The summed E-state index contributed by atoms with van der Waals surface area (Å²) in [4.78, 5) is 1.59. The van der Waals surface area contributed by atoms with Crippen molar-refractivity contribution in [2.24, 2.45) is 0 Å². The Balaban J connectivity index is 2.13. The molecule has 66 valence electrons. The SMILES string of the molecule is N=c1c[n+](N2CCNCC2)[n-]o1. The molecule has 2 rings (SSSR count). The van der Waals surface area contributed by atoms with Crippen LogP contribution in [0.3, 0.4) is 0 Å². The number of aromatic nitrogens is 2. The largest absolute Gasteiger partial charge is 0.380 e. The van der Waals surface area contributed by atoms with Gasteiger partial charge in [0.1, 0.15) is 0 Å². The highest BCUT2D eigenvalue weighted by atomic mass is 16.5. The van der Waals surface area contributed by atoms with Gasteiger partial charge < -0.3 is 9.84 Å². The van der Waals surface area contributed by atoms with Crippen molar-refractivity contribution in [2.45, 2.75) is 0 Å². The van der Waals surface area contributed by atoms with Gasteiger partial charge in [-0.2, -0.15) is 0 Å². The maximum Gasteiger partial charge on any atom is 0.286 e. The van der Waals surface area contributed by atoms with E-state index in [1.807, 2.05) is 5.01 Å². The molecule has 0 spiro atoms. The Morgan fingerprint density at radius 1 is 1.58 bits per heavy atom. The second kappa shape index (κ2) is 2.98. The molecule has 1 fully saturated rings. The van der Waals surface area contributed by atoms with Crippen LogP contribution < -0.4 is 25.9 Å². The van der Waals surface area contributed by atoms with Crippen molar-refractivity contribution in [3.8, 4) is 0 Å². The van der Waals surface area contributed by atoms with Crippen LogP contribution in [0.15, 0.2) is 10.7 Å². The van der Waals surface area contributed by atoms with Gasteiger partial charge in [0, 0.05) is 13.1 Å². The molecule has 6 nitrogen and oxygen atoms in total. The van der Waals surface area contributed by atoms with Crippen LogP contribution in [0.25, 0.3) is 0 Å². The average molecular weight is 169 g/mol. The minimum absolute atomic E-state index is 0.0912. The fourth-order valence-electron chi connectivity index (χ4n) is 1.23. The maximum atomic E-state index is 7.14. The van der Waals surface area contributed by atoms with Crippen molar-refractivity contribution in [3.05, 3.63) is 11.8 Å². The third-order valence-electron chi connectivity index (χ3n) is 1.84. The van der Waals surface area contributed by atoms with E-state index in [4.69, 9.17) is 5.41 Å². The Labute approximate surface area is 69.2 Å². The highest BCUT2D eigenvalue weighted by molar-refractivity contribution is 4.77. The summed E-state index contributed by atoms with van der Waals surface area (Å²) in [5.41, 5.74) is 0.0912. The molecular formula is C6H11N5O. The first-order valence-electron chi connectivity index (χ1n) is 3.92. The molecule has 2 N–H and O–H groups in total. The van der Waals surface area contributed by atoms with E-state index < -0.39 is 0 Å². The van der Waals surface area contributed by atoms with E-state index >= 15 is 0 Å². The fourth-order valence-corrected chi connectivity index (χ4v) is 1.23. The predicted molar refractivity (Wildman–Crippen MR) is 38.9 cm³/mol. The molecule has 12 heavy (non-hydrogen) atoms. The highest BCUT2D eigenvalue weighted by Crippen LogP contribution is 1.80. The molecule has 0 bridgehead atoms. The molecule has 1 aliphatic heterocycles. The van der Waals surface area contributed by atoms with Gasteiger partial charge in [0.25, 0.3) is 11.8 Å². The molecule has 0 atom stereocenters. The molecular weight excluding hydrogens is 158 g/mol. The molecule has 0 aliphatic carbocycles. The number of hydrogen-bond donors (Lipinski definition) is 2. The summed E-state index contributed by atoms with van der Waals surface area (Å²) < 4.78 is 4.64. The number of rotatable bonds is 1. The summed E-state index contributed by atoms with van der Waals surface area (Å²) in [7, 11) is 0. The Hall–Kier alpha value is -1.30. The highest BCUT2D eigenvalue weighted by Gasteiger charge is 2.10. The van der Waals surface area contributed by atoms with Crippen molar-refractivity contribution < 1.29 is 9.31 Å². The summed E-state index contributed by atoms with van der Waals surface area (Å²) in [6.07, 6.45) is 1.56. The van der Waals surface area contributed by atoms with Crippen LogP contribution >= 0.6 is 0 Å². The molecule has 0 saturated carbocycles. The second-order valence-corrected chi connectivity index (χ2v) is 2.69. The Bertz CT molecular complexity index is 297. The summed E-state index contributed by atoms with van der Waals surface area (Å²) >= 11 is 0. The third kappa shape index (κ3) is 1.33. The number of piperazine rings is 1. The number of nitrogens with one attached hydrogen (secondary N) is 2. The van der Waals surface area contributed by atoms with Crippen molar-refractivity contribution in [2.75, 3.05) is 31.2 Å². The second-order valence-electron chi connectivity index (χ2n) is 2.69. The van der Waals surface area contributed by atoms with Gasteiger partial charge in [-0.25, -0.2) is 0 Å². The topological polar surface area (TPSA) is 70.2 Å². The minimum Gasteiger partial charge on any atom is -0.380 e. The van der Waals surface area contributed by atoms with Gasteiger partial charge in [-0.05, 0) is 18.4 Å². The zero-order chi connectivity index (χ0) is 8.39. The molecule has 0 radical (unpaired) electrons. The monoisotopic (exact) mass is 169 g/mol.